The van der Waals surface area contributed by atoms with Crippen molar-refractivity contribution in [2.45, 2.75) is 18.9 Å². The molecule has 3 N–H and O–H groups in total. The highest BCUT2D eigenvalue weighted by Crippen LogP contribution is 2.31. The van der Waals surface area contributed by atoms with Crippen molar-refractivity contribution < 1.29 is 4.79 Å². The number of thiophene rings is 1. The average Bonchev–Trinajstić information content (AvgIpc) is 2.70. The van der Waals surface area contributed by atoms with E-state index in [1.54, 1.807) is 0 Å². The van der Waals surface area contributed by atoms with Gasteiger partial charge in [-0.15, -0.1) is 11.3 Å². The summed E-state index contributed by atoms with van der Waals surface area (Å²) >= 11 is 13.2. The molecule has 1 aromatic heterocycles. The van der Waals surface area contributed by atoms with Gasteiger partial charge in [0.25, 0.3) is 5.91 Å². The lowest BCUT2D eigenvalue weighted by atomic mass is 10.0. The van der Waals surface area contributed by atoms with Gasteiger partial charge in [-0.25, -0.2) is 0 Å². The fraction of sp³-hybridized carbons (Fsp3) is 0.500. The molecule has 0 atom stereocenters. The minimum atomic E-state index is -0.0216. The molecular weight excluding hydrogens is 426 g/mol. The van der Waals surface area contributed by atoms with Crippen LogP contribution in [0.5, 0.6) is 0 Å². The zero-order chi connectivity index (χ0) is 14.7. The van der Waals surface area contributed by atoms with Gasteiger partial charge in [0.1, 0.15) is 0 Å². The number of nitrogens with zero attached hydrogens (tertiary/aromatic N) is 1. The Kier molecular flexibility index (Phi) is 5.97. The molecule has 20 heavy (non-hydrogen) atoms. The molecule has 1 fully saturated rings. The molecule has 1 aliphatic heterocycles. The monoisotopic (exact) mass is 439 g/mol. The highest BCUT2D eigenvalue weighted by atomic mass is 79.9. The zero-order valence-electron chi connectivity index (χ0n) is 10.7. The third-order valence-electron chi connectivity index (χ3n) is 3.20. The summed E-state index contributed by atoms with van der Waals surface area (Å²) in [5.41, 5.74) is 6.23. The summed E-state index contributed by atoms with van der Waals surface area (Å²) in [6.45, 7) is 2.49. The molecule has 8 heteroatoms. The normalized spacial score (nSPS) is 17.1. The molecule has 0 saturated carbocycles. The Morgan fingerprint density at radius 3 is 2.65 bits per heavy atom. The van der Waals surface area contributed by atoms with Gasteiger partial charge in [-0.2, -0.15) is 0 Å². The number of carbonyl (C=O) groups is 1. The summed E-state index contributed by atoms with van der Waals surface area (Å²) in [7, 11) is 0. The highest BCUT2D eigenvalue weighted by molar-refractivity contribution is 9.12. The van der Waals surface area contributed by atoms with Crippen LogP contribution in [0, 0.1) is 0 Å². The lowest BCUT2D eigenvalue weighted by Gasteiger charge is -2.31. The lowest BCUT2D eigenvalue weighted by Crippen LogP contribution is -2.46. The van der Waals surface area contributed by atoms with E-state index >= 15 is 0 Å². The van der Waals surface area contributed by atoms with E-state index in [9.17, 15) is 4.79 Å². The number of nitrogens with two attached hydrogens (primary N) is 1. The zero-order valence-corrected chi connectivity index (χ0v) is 15.5. The van der Waals surface area contributed by atoms with Crippen molar-refractivity contribution in [3.05, 3.63) is 19.2 Å². The van der Waals surface area contributed by atoms with Crippen LogP contribution in [0.25, 0.3) is 0 Å². The van der Waals surface area contributed by atoms with Crippen LogP contribution < -0.4 is 11.1 Å². The quantitative estimate of drug-likeness (QED) is 0.706. The van der Waals surface area contributed by atoms with Crippen molar-refractivity contribution in [2.75, 3.05) is 19.6 Å². The predicted molar refractivity (Wildman–Crippen MR) is 93.4 cm³/mol. The first kappa shape index (κ1) is 16.4. The Morgan fingerprint density at radius 1 is 1.50 bits per heavy atom. The maximum Gasteiger partial charge on any atom is 0.253 e. The van der Waals surface area contributed by atoms with E-state index in [0.717, 1.165) is 33.5 Å². The van der Waals surface area contributed by atoms with Gasteiger partial charge in [0.15, 0.2) is 0 Å². The third-order valence-corrected chi connectivity index (χ3v) is 5.67. The minimum absolute atomic E-state index is 0.0216. The van der Waals surface area contributed by atoms with E-state index in [1.165, 1.54) is 11.3 Å². The maximum atomic E-state index is 12.2. The Balaban J connectivity index is 1.85. The summed E-state index contributed by atoms with van der Waals surface area (Å²) in [4.78, 5) is 14.9. The first-order valence-corrected chi connectivity index (χ1v) is 9.03. The summed E-state index contributed by atoms with van der Waals surface area (Å²) in [5, 5.41) is 3.09. The molecule has 1 aromatic rings. The van der Waals surface area contributed by atoms with Crippen LogP contribution >= 0.6 is 55.4 Å². The van der Waals surface area contributed by atoms with E-state index in [0.29, 0.717) is 17.1 Å². The number of nitrogens with one attached hydrogen (secondary N) is 1. The molecule has 1 saturated heterocycles. The molecule has 0 bridgehead atoms. The van der Waals surface area contributed by atoms with E-state index in [4.69, 9.17) is 18.0 Å². The van der Waals surface area contributed by atoms with E-state index in [2.05, 4.69) is 42.1 Å². The van der Waals surface area contributed by atoms with Crippen molar-refractivity contribution in [3.63, 3.8) is 0 Å². The number of thiocarbonyl (C=S) groups is 1. The SMILES string of the molecule is NC(=S)CN1CCC(NC(=O)c2cc(Br)sc2Br)CC1. The average molecular weight is 441 g/mol. The van der Waals surface area contributed by atoms with Crippen LogP contribution in [0.1, 0.15) is 23.2 Å². The van der Waals surface area contributed by atoms with Crippen LogP contribution in [0.2, 0.25) is 0 Å². The molecule has 1 aliphatic rings. The molecule has 0 aliphatic carbocycles. The number of hydrogen-bond acceptors (Lipinski definition) is 4. The van der Waals surface area contributed by atoms with Crippen molar-refractivity contribution in [2.24, 2.45) is 5.73 Å². The van der Waals surface area contributed by atoms with Crippen molar-refractivity contribution >= 4 is 66.3 Å². The second kappa shape index (κ2) is 7.31. The molecule has 0 radical (unpaired) electrons. The molecule has 0 unspecified atom stereocenters. The second-order valence-corrected chi connectivity index (χ2v) is 9.00. The fourth-order valence-electron chi connectivity index (χ4n) is 2.21. The van der Waals surface area contributed by atoms with Gasteiger partial charge in [-0.1, -0.05) is 12.2 Å². The molecule has 0 spiro atoms. The van der Waals surface area contributed by atoms with Gasteiger partial charge in [-0.05, 0) is 50.8 Å². The number of amides is 1. The van der Waals surface area contributed by atoms with E-state index in [-0.39, 0.29) is 11.9 Å². The molecule has 2 rings (SSSR count). The molecule has 4 nitrogen and oxygen atoms in total. The standard InChI is InChI=1S/C12H15Br2N3OS2/c13-9-5-8(11(14)20-9)12(18)16-7-1-3-17(4-2-7)6-10(15)19/h5,7H,1-4,6H2,(H2,15,19)(H,16,18). The molecule has 2 heterocycles. The Labute approximate surface area is 144 Å². The van der Waals surface area contributed by atoms with Gasteiger partial charge in [0.2, 0.25) is 0 Å². The van der Waals surface area contributed by atoms with Gasteiger partial charge in [-0.3, -0.25) is 9.69 Å². The Morgan fingerprint density at radius 2 is 2.15 bits per heavy atom. The first-order valence-electron chi connectivity index (χ1n) is 6.22. The van der Waals surface area contributed by atoms with E-state index < -0.39 is 0 Å². The number of rotatable bonds is 4. The van der Waals surface area contributed by atoms with Crippen LogP contribution in [0.4, 0.5) is 0 Å². The van der Waals surface area contributed by atoms with Crippen LogP contribution in [-0.4, -0.2) is 41.5 Å². The molecular formula is C12H15Br2N3OS2. The number of likely N-dealkylation sites (tertiary alicyclic amines) is 1. The van der Waals surface area contributed by atoms with Crippen LogP contribution in [0.15, 0.2) is 13.6 Å². The molecule has 1 amide bonds. The lowest BCUT2D eigenvalue weighted by molar-refractivity contribution is 0.0914. The topological polar surface area (TPSA) is 58.4 Å². The molecule has 0 aromatic carbocycles. The van der Waals surface area contributed by atoms with Gasteiger partial charge in [0, 0.05) is 25.7 Å². The molecule has 110 valence electrons. The van der Waals surface area contributed by atoms with E-state index in [1.807, 2.05) is 6.07 Å². The number of halogens is 2. The van der Waals surface area contributed by atoms with Crippen molar-refractivity contribution in [3.8, 4) is 0 Å². The van der Waals surface area contributed by atoms with Crippen LogP contribution in [0.3, 0.4) is 0 Å². The van der Waals surface area contributed by atoms with Crippen molar-refractivity contribution in [1.29, 1.82) is 0 Å². The summed E-state index contributed by atoms with van der Waals surface area (Å²) in [6.07, 6.45) is 1.86. The van der Waals surface area contributed by atoms with Gasteiger partial charge in [0.05, 0.1) is 18.1 Å². The maximum absolute atomic E-state index is 12.2. The highest BCUT2D eigenvalue weighted by Gasteiger charge is 2.22. The number of piperidine rings is 1. The van der Waals surface area contributed by atoms with Gasteiger partial charge >= 0.3 is 0 Å². The predicted octanol–water partition coefficient (Wildman–Crippen LogP) is 2.75. The fourth-order valence-corrected chi connectivity index (χ4v) is 5.19. The third kappa shape index (κ3) is 4.49. The number of carbonyl (C=O) groups excluding carboxylic acids is 1. The summed E-state index contributed by atoms with van der Waals surface area (Å²) < 4.78 is 1.80. The van der Waals surface area contributed by atoms with Crippen molar-refractivity contribution in [1.82, 2.24) is 10.2 Å². The summed E-state index contributed by atoms with van der Waals surface area (Å²) in [6, 6.07) is 2.06. The van der Waals surface area contributed by atoms with Gasteiger partial charge < -0.3 is 11.1 Å². The minimum Gasteiger partial charge on any atom is -0.392 e. The second-order valence-electron chi connectivity index (χ2n) is 4.73. The Hall–Kier alpha value is -0.0200. The van der Waals surface area contributed by atoms with Crippen LogP contribution in [-0.2, 0) is 0 Å². The number of hydrogen-bond donors (Lipinski definition) is 2. The Bertz CT molecular complexity index is 513. The smallest absolute Gasteiger partial charge is 0.253 e. The first-order chi connectivity index (χ1) is 9.45. The largest absolute Gasteiger partial charge is 0.392 e. The summed E-state index contributed by atoms with van der Waals surface area (Å²) in [5.74, 6) is -0.0216.